The van der Waals surface area contributed by atoms with Crippen LogP contribution in [-0.4, -0.2) is 54.4 Å². The number of aliphatic carboxylic acids is 1. The van der Waals surface area contributed by atoms with Gasteiger partial charge in [-0.25, -0.2) is 4.79 Å². The van der Waals surface area contributed by atoms with Gasteiger partial charge in [-0.15, -0.1) is 0 Å². The van der Waals surface area contributed by atoms with Crippen LogP contribution in [0.1, 0.15) is 31.8 Å². The third kappa shape index (κ3) is 5.57. The van der Waals surface area contributed by atoms with Crippen LogP contribution in [0, 0.1) is 6.92 Å². The van der Waals surface area contributed by atoms with Crippen LogP contribution in [0.3, 0.4) is 0 Å². The van der Waals surface area contributed by atoms with Crippen molar-refractivity contribution in [1.82, 2.24) is 0 Å². The standard InChI is InChI=1S/C27H26N2O7/c1-16-10-24(35-15-19-14-29(2)22-8-3-4-9-23(22)36-19)21(27(33)34)13-20(16)26(32)28-18-7-5-6-17(11-18)12-25(30)31/h3-11,13,19H,12,14-15H2,1-2H3,(H,28,32)(H,30,31)(H,33,34)/t19-/m0/s1. The molecule has 36 heavy (non-hydrogen) atoms. The molecule has 1 aliphatic heterocycles. The van der Waals surface area contributed by atoms with Crippen LogP contribution in [0.4, 0.5) is 11.4 Å². The van der Waals surface area contributed by atoms with Gasteiger partial charge in [0.1, 0.15) is 29.8 Å². The number of amides is 1. The molecule has 3 aromatic rings. The van der Waals surface area contributed by atoms with Crippen LogP contribution in [0.2, 0.25) is 0 Å². The summed E-state index contributed by atoms with van der Waals surface area (Å²) >= 11 is 0. The second kappa shape index (κ2) is 10.4. The number of carbonyl (C=O) groups is 3. The van der Waals surface area contributed by atoms with E-state index in [-0.39, 0.29) is 36.0 Å². The molecule has 1 aliphatic rings. The van der Waals surface area contributed by atoms with E-state index in [1.54, 1.807) is 31.2 Å². The number of aromatic carboxylic acids is 1. The van der Waals surface area contributed by atoms with Gasteiger partial charge in [-0.2, -0.15) is 0 Å². The molecule has 0 fully saturated rings. The molecule has 0 aromatic heterocycles. The summed E-state index contributed by atoms with van der Waals surface area (Å²) in [6, 6.07) is 17.0. The largest absolute Gasteiger partial charge is 0.489 e. The van der Waals surface area contributed by atoms with Crippen molar-refractivity contribution in [2.75, 3.05) is 30.4 Å². The first-order valence-electron chi connectivity index (χ1n) is 11.3. The van der Waals surface area contributed by atoms with E-state index >= 15 is 0 Å². The third-order valence-electron chi connectivity index (χ3n) is 5.81. The summed E-state index contributed by atoms with van der Waals surface area (Å²) in [5.41, 5.74) is 2.47. The lowest BCUT2D eigenvalue weighted by Crippen LogP contribution is -2.41. The molecule has 9 heteroatoms. The van der Waals surface area contributed by atoms with Crippen molar-refractivity contribution in [3.05, 3.63) is 82.9 Å². The topological polar surface area (TPSA) is 125 Å². The maximum absolute atomic E-state index is 12.9. The Labute approximate surface area is 207 Å². The van der Waals surface area contributed by atoms with Crippen molar-refractivity contribution in [1.29, 1.82) is 0 Å². The molecule has 0 unspecified atom stereocenters. The summed E-state index contributed by atoms with van der Waals surface area (Å²) in [6.45, 7) is 2.38. The molecule has 0 spiro atoms. The van der Waals surface area contributed by atoms with Gasteiger partial charge in [0.25, 0.3) is 5.91 Å². The second-order valence-corrected chi connectivity index (χ2v) is 8.59. The Morgan fingerprint density at radius 3 is 2.58 bits per heavy atom. The summed E-state index contributed by atoms with van der Waals surface area (Å²) in [4.78, 5) is 37.9. The Morgan fingerprint density at radius 1 is 1.06 bits per heavy atom. The zero-order valence-electron chi connectivity index (χ0n) is 19.9. The number of ether oxygens (including phenoxy) is 2. The molecule has 1 atom stereocenters. The van der Waals surface area contributed by atoms with E-state index < -0.39 is 17.8 Å². The number of benzene rings is 3. The van der Waals surface area contributed by atoms with E-state index in [9.17, 15) is 19.5 Å². The van der Waals surface area contributed by atoms with E-state index in [1.807, 2.05) is 31.3 Å². The molecule has 3 N–H and O–H groups in total. The van der Waals surface area contributed by atoms with Gasteiger partial charge in [0.05, 0.1) is 18.7 Å². The van der Waals surface area contributed by atoms with Gasteiger partial charge in [0.15, 0.2) is 0 Å². The predicted octanol–water partition coefficient (Wildman–Crippen LogP) is 3.85. The van der Waals surface area contributed by atoms with E-state index in [0.29, 0.717) is 23.4 Å². The number of anilines is 2. The predicted molar refractivity (Wildman–Crippen MR) is 133 cm³/mol. The fourth-order valence-electron chi connectivity index (χ4n) is 4.11. The van der Waals surface area contributed by atoms with E-state index in [1.165, 1.54) is 12.1 Å². The van der Waals surface area contributed by atoms with Crippen LogP contribution < -0.4 is 19.7 Å². The summed E-state index contributed by atoms with van der Waals surface area (Å²) in [6.07, 6.45) is -0.489. The minimum Gasteiger partial charge on any atom is -0.489 e. The van der Waals surface area contributed by atoms with Crippen molar-refractivity contribution in [2.45, 2.75) is 19.4 Å². The molecule has 4 rings (SSSR count). The molecule has 0 saturated carbocycles. The smallest absolute Gasteiger partial charge is 0.339 e. The Balaban J connectivity index is 1.50. The van der Waals surface area contributed by atoms with Crippen molar-refractivity contribution in [3.8, 4) is 11.5 Å². The number of aryl methyl sites for hydroxylation is 1. The molecular weight excluding hydrogens is 464 g/mol. The molecule has 186 valence electrons. The maximum atomic E-state index is 12.9. The third-order valence-corrected chi connectivity index (χ3v) is 5.81. The van der Waals surface area contributed by atoms with Crippen LogP contribution in [0.25, 0.3) is 0 Å². The maximum Gasteiger partial charge on any atom is 0.339 e. The van der Waals surface area contributed by atoms with Gasteiger partial charge in [0, 0.05) is 18.3 Å². The van der Waals surface area contributed by atoms with E-state index in [2.05, 4.69) is 10.2 Å². The SMILES string of the molecule is Cc1cc(OC[C@@H]2CN(C)c3ccccc3O2)c(C(=O)O)cc1C(=O)Nc1cccc(CC(=O)O)c1. The Kier molecular flexibility index (Phi) is 7.10. The Morgan fingerprint density at radius 2 is 1.83 bits per heavy atom. The van der Waals surface area contributed by atoms with Crippen molar-refractivity contribution in [3.63, 3.8) is 0 Å². The highest BCUT2D eigenvalue weighted by atomic mass is 16.5. The molecule has 3 aromatic carbocycles. The number of fused-ring (bicyclic) bond motifs is 1. The number of carbonyl (C=O) groups excluding carboxylic acids is 1. The number of nitrogens with zero attached hydrogens (tertiary/aromatic N) is 1. The van der Waals surface area contributed by atoms with E-state index in [4.69, 9.17) is 14.6 Å². The van der Waals surface area contributed by atoms with Crippen LogP contribution in [0.5, 0.6) is 11.5 Å². The van der Waals surface area contributed by atoms with Gasteiger partial charge in [-0.3, -0.25) is 9.59 Å². The number of hydrogen-bond donors (Lipinski definition) is 3. The fraction of sp³-hybridized carbons (Fsp3) is 0.222. The highest BCUT2D eigenvalue weighted by Gasteiger charge is 2.25. The summed E-state index contributed by atoms with van der Waals surface area (Å²) in [5.74, 6) is -1.85. The fourth-order valence-corrected chi connectivity index (χ4v) is 4.11. The highest BCUT2D eigenvalue weighted by molar-refractivity contribution is 6.07. The number of hydrogen-bond acceptors (Lipinski definition) is 6. The van der Waals surface area contributed by atoms with Crippen molar-refractivity contribution >= 4 is 29.2 Å². The molecule has 0 bridgehead atoms. The van der Waals surface area contributed by atoms with Gasteiger partial charge < -0.3 is 29.9 Å². The molecule has 1 heterocycles. The molecule has 9 nitrogen and oxygen atoms in total. The minimum absolute atomic E-state index is 0.125. The molecular formula is C27H26N2O7. The average Bonchev–Trinajstić information content (AvgIpc) is 2.82. The van der Waals surface area contributed by atoms with Gasteiger partial charge in [0.2, 0.25) is 0 Å². The minimum atomic E-state index is -1.23. The summed E-state index contributed by atoms with van der Waals surface area (Å²) in [7, 11) is 1.95. The number of carboxylic acid groups (broad SMARTS) is 2. The number of likely N-dealkylation sites (N-methyl/N-ethyl adjacent to an activating group) is 1. The lowest BCUT2D eigenvalue weighted by atomic mass is 10.0. The number of nitrogens with one attached hydrogen (secondary N) is 1. The normalized spacial score (nSPS) is 14.4. The Bertz CT molecular complexity index is 1320. The molecule has 0 saturated heterocycles. The highest BCUT2D eigenvalue weighted by Crippen LogP contribution is 2.32. The van der Waals surface area contributed by atoms with E-state index in [0.717, 1.165) is 11.4 Å². The number of rotatable bonds is 8. The quantitative estimate of drug-likeness (QED) is 0.435. The summed E-state index contributed by atoms with van der Waals surface area (Å²) in [5, 5.41) is 21.5. The van der Waals surface area contributed by atoms with Crippen molar-refractivity contribution < 1.29 is 34.1 Å². The summed E-state index contributed by atoms with van der Waals surface area (Å²) < 4.78 is 11.9. The second-order valence-electron chi connectivity index (χ2n) is 8.59. The lowest BCUT2D eigenvalue weighted by Gasteiger charge is -2.33. The first-order valence-corrected chi connectivity index (χ1v) is 11.3. The Hall–Kier alpha value is -4.53. The molecule has 1 amide bonds. The van der Waals surface area contributed by atoms with Gasteiger partial charge in [-0.05, 0) is 54.4 Å². The number of carboxylic acids is 2. The van der Waals surface area contributed by atoms with Crippen LogP contribution >= 0.6 is 0 Å². The van der Waals surface area contributed by atoms with Gasteiger partial charge >= 0.3 is 11.9 Å². The first-order chi connectivity index (χ1) is 17.2. The van der Waals surface area contributed by atoms with Crippen molar-refractivity contribution in [2.24, 2.45) is 0 Å². The molecule has 0 radical (unpaired) electrons. The average molecular weight is 491 g/mol. The molecule has 0 aliphatic carbocycles. The van der Waals surface area contributed by atoms with Crippen LogP contribution in [-0.2, 0) is 11.2 Å². The van der Waals surface area contributed by atoms with Gasteiger partial charge in [-0.1, -0.05) is 24.3 Å². The zero-order valence-corrected chi connectivity index (χ0v) is 19.9. The zero-order chi connectivity index (χ0) is 25.8. The number of para-hydroxylation sites is 2. The lowest BCUT2D eigenvalue weighted by molar-refractivity contribution is -0.136. The van der Waals surface area contributed by atoms with Crippen LogP contribution in [0.15, 0.2) is 60.7 Å². The monoisotopic (exact) mass is 490 g/mol. The first kappa shape index (κ1) is 24.6.